The maximum atomic E-state index is 13.4. The topological polar surface area (TPSA) is 17.1 Å². The molecule has 82 valence electrons. The first-order chi connectivity index (χ1) is 7.02. The van der Waals surface area contributed by atoms with Crippen molar-refractivity contribution < 1.29 is 9.18 Å². The van der Waals surface area contributed by atoms with Gasteiger partial charge in [0.15, 0.2) is 5.78 Å². The fraction of sp³-hybridized carbons (Fsp3) is 0.417. The van der Waals surface area contributed by atoms with Gasteiger partial charge < -0.3 is 0 Å². The van der Waals surface area contributed by atoms with Crippen molar-refractivity contribution in [2.75, 3.05) is 0 Å². The third-order valence-electron chi connectivity index (χ3n) is 2.19. The smallest absolute Gasteiger partial charge is 0.166 e. The fourth-order valence-corrected chi connectivity index (χ4v) is 1.87. The minimum atomic E-state index is -0.446. The fourth-order valence-electron chi connectivity index (χ4n) is 1.31. The Hall–Kier alpha value is -0.700. The van der Waals surface area contributed by atoms with E-state index in [0.29, 0.717) is 16.8 Å². The Bertz CT molecular complexity index is 340. The van der Waals surface area contributed by atoms with E-state index < -0.39 is 5.82 Å². The van der Waals surface area contributed by atoms with Crippen LogP contribution in [0.3, 0.4) is 0 Å². The molecule has 0 aliphatic carbocycles. The van der Waals surface area contributed by atoms with Crippen LogP contribution in [0.1, 0.15) is 37.0 Å². The molecular formula is C12H14BrFO. The molecular weight excluding hydrogens is 259 g/mol. The SMILES string of the molecule is CC(C)CCC(=O)c1c(F)cccc1Br. The molecule has 0 radical (unpaired) electrons. The average Bonchev–Trinajstić information content (AvgIpc) is 2.14. The van der Waals surface area contributed by atoms with Crippen molar-refractivity contribution in [3.05, 3.63) is 34.1 Å². The zero-order chi connectivity index (χ0) is 11.4. The molecule has 0 fully saturated rings. The molecule has 1 rings (SSSR count). The van der Waals surface area contributed by atoms with Crippen molar-refractivity contribution in [3.8, 4) is 0 Å². The van der Waals surface area contributed by atoms with Gasteiger partial charge in [0.25, 0.3) is 0 Å². The number of Topliss-reactive ketones (excluding diaryl/α,β-unsaturated/α-hetero) is 1. The predicted molar refractivity (Wildman–Crippen MR) is 62.5 cm³/mol. The highest BCUT2D eigenvalue weighted by molar-refractivity contribution is 9.10. The second-order valence-corrected chi connectivity index (χ2v) is 4.81. The molecule has 0 amide bonds. The lowest BCUT2D eigenvalue weighted by Crippen LogP contribution is -2.05. The number of ketones is 1. The number of carbonyl (C=O) groups excluding carboxylic acids is 1. The predicted octanol–water partition coefficient (Wildman–Crippen LogP) is 4.21. The van der Waals surface area contributed by atoms with Gasteiger partial charge in [-0.25, -0.2) is 4.39 Å². The third kappa shape index (κ3) is 3.42. The zero-order valence-corrected chi connectivity index (χ0v) is 10.5. The normalized spacial score (nSPS) is 10.7. The molecule has 0 N–H and O–H groups in total. The van der Waals surface area contributed by atoms with E-state index in [-0.39, 0.29) is 11.3 Å². The number of halogens is 2. The first-order valence-corrected chi connectivity index (χ1v) is 5.79. The summed E-state index contributed by atoms with van der Waals surface area (Å²) < 4.78 is 13.9. The molecule has 0 aromatic heterocycles. The zero-order valence-electron chi connectivity index (χ0n) is 8.89. The van der Waals surface area contributed by atoms with E-state index in [1.54, 1.807) is 12.1 Å². The summed E-state index contributed by atoms with van der Waals surface area (Å²) in [6.07, 6.45) is 1.19. The Morgan fingerprint density at radius 2 is 2.13 bits per heavy atom. The highest BCUT2D eigenvalue weighted by Crippen LogP contribution is 2.22. The maximum Gasteiger partial charge on any atom is 0.166 e. The van der Waals surface area contributed by atoms with Crippen LogP contribution in [0.2, 0.25) is 0 Å². The summed E-state index contributed by atoms with van der Waals surface area (Å²) in [4.78, 5) is 11.7. The molecule has 3 heteroatoms. The highest BCUT2D eigenvalue weighted by Gasteiger charge is 2.15. The highest BCUT2D eigenvalue weighted by atomic mass is 79.9. The quantitative estimate of drug-likeness (QED) is 0.751. The van der Waals surface area contributed by atoms with Crippen LogP contribution in [-0.2, 0) is 0 Å². The van der Waals surface area contributed by atoms with Crippen molar-refractivity contribution >= 4 is 21.7 Å². The number of hydrogen-bond donors (Lipinski definition) is 0. The van der Waals surface area contributed by atoms with Crippen LogP contribution in [0.15, 0.2) is 22.7 Å². The molecule has 0 unspecified atom stereocenters. The van der Waals surface area contributed by atoms with Crippen LogP contribution in [0.25, 0.3) is 0 Å². The summed E-state index contributed by atoms with van der Waals surface area (Å²) in [6.45, 7) is 4.09. The monoisotopic (exact) mass is 272 g/mol. The Morgan fingerprint density at radius 3 is 2.67 bits per heavy atom. The standard InChI is InChI=1S/C12H14BrFO/c1-8(2)6-7-11(15)12-9(13)4-3-5-10(12)14/h3-5,8H,6-7H2,1-2H3. The van der Waals surface area contributed by atoms with E-state index >= 15 is 0 Å². The van der Waals surface area contributed by atoms with Crippen molar-refractivity contribution in [3.63, 3.8) is 0 Å². The molecule has 0 aliphatic rings. The Kier molecular flexibility index (Phi) is 4.45. The van der Waals surface area contributed by atoms with Crippen LogP contribution in [0.5, 0.6) is 0 Å². The summed E-state index contributed by atoms with van der Waals surface area (Å²) >= 11 is 3.19. The van der Waals surface area contributed by atoms with Crippen LogP contribution < -0.4 is 0 Å². The minimum absolute atomic E-state index is 0.131. The van der Waals surface area contributed by atoms with E-state index in [1.807, 2.05) is 13.8 Å². The van der Waals surface area contributed by atoms with E-state index in [2.05, 4.69) is 15.9 Å². The van der Waals surface area contributed by atoms with E-state index in [9.17, 15) is 9.18 Å². The molecule has 0 saturated heterocycles. The molecule has 1 aromatic carbocycles. The number of rotatable bonds is 4. The van der Waals surface area contributed by atoms with Gasteiger partial charge in [0, 0.05) is 10.9 Å². The van der Waals surface area contributed by atoms with Crippen LogP contribution in [0, 0.1) is 11.7 Å². The summed E-state index contributed by atoms with van der Waals surface area (Å²) in [7, 11) is 0. The van der Waals surface area contributed by atoms with Crippen LogP contribution >= 0.6 is 15.9 Å². The van der Waals surface area contributed by atoms with Gasteiger partial charge in [0.1, 0.15) is 5.82 Å². The minimum Gasteiger partial charge on any atom is -0.294 e. The maximum absolute atomic E-state index is 13.4. The van der Waals surface area contributed by atoms with Crippen LogP contribution in [-0.4, -0.2) is 5.78 Å². The van der Waals surface area contributed by atoms with Gasteiger partial charge >= 0.3 is 0 Å². The Labute approximate surface area is 97.8 Å². The molecule has 0 bridgehead atoms. The molecule has 0 saturated carbocycles. The molecule has 0 spiro atoms. The van der Waals surface area contributed by atoms with E-state index in [4.69, 9.17) is 0 Å². The first-order valence-electron chi connectivity index (χ1n) is 4.99. The molecule has 0 aliphatic heterocycles. The number of benzene rings is 1. The number of hydrogen-bond acceptors (Lipinski definition) is 1. The van der Waals surface area contributed by atoms with Gasteiger partial charge in [-0.3, -0.25) is 4.79 Å². The third-order valence-corrected chi connectivity index (χ3v) is 2.85. The lowest BCUT2D eigenvalue weighted by atomic mass is 10.0. The largest absolute Gasteiger partial charge is 0.294 e. The average molecular weight is 273 g/mol. The van der Waals surface area contributed by atoms with Gasteiger partial charge in [-0.15, -0.1) is 0 Å². The molecule has 1 nitrogen and oxygen atoms in total. The molecule has 0 atom stereocenters. The second kappa shape index (κ2) is 5.40. The summed E-state index contributed by atoms with van der Waals surface area (Å²) in [5, 5.41) is 0. The molecule has 1 aromatic rings. The Balaban J connectivity index is 2.82. The van der Waals surface area contributed by atoms with Gasteiger partial charge in [0.05, 0.1) is 5.56 Å². The second-order valence-electron chi connectivity index (χ2n) is 3.95. The molecule has 15 heavy (non-hydrogen) atoms. The van der Waals surface area contributed by atoms with E-state index in [0.717, 1.165) is 6.42 Å². The summed E-state index contributed by atoms with van der Waals surface area (Å²) in [5.74, 6) is -0.119. The van der Waals surface area contributed by atoms with Crippen molar-refractivity contribution in [2.45, 2.75) is 26.7 Å². The van der Waals surface area contributed by atoms with Crippen molar-refractivity contribution in [1.29, 1.82) is 0 Å². The van der Waals surface area contributed by atoms with Gasteiger partial charge in [-0.1, -0.05) is 19.9 Å². The number of carbonyl (C=O) groups is 1. The van der Waals surface area contributed by atoms with Gasteiger partial charge in [-0.2, -0.15) is 0 Å². The van der Waals surface area contributed by atoms with Gasteiger partial charge in [-0.05, 0) is 40.4 Å². The van der Waals surface area contributed by atoms with Crippen LogP contribution in [0.4, 0.5) is 4.39 Å². The lowest BCUT2D eigenvalue weighted by molar-refractivity contribution is 0.0970. The van der Waals surface area contributed by atoms with Crippen molar-refractivity contribution in [2.24, 2.45) is 5.92 Å². The summed E-state index contributed by atoms with van der Waals surface area (Å²) in [6, 6.07) is 4.58. The Morgan fingerprint density at radius 1 is 1.47 bits per heavy atom. The molecule has 0 heterocycles. The van der Waals surface area contributed by atoms with Gasteiger partial charge in [0.2, 0.25) is 0 Å². The lowest BCUT2D eigenvalue weighted by Gasteiger charge is -2.06. The van der Waals surface area contributed by atoms with E-state index in [1.165, 1.54) is 6.07 Å². The van der Waals surface area contributed by atoms with Crippen molar-refractivity contribution in [1.82, 2.24) is 0 Å². The summed E-state index contributed by atoms with van der Waals surface area (Å²) in [5.41, 5.74) is 0.179. The first kappa shape index (κ1) is 12.4.